The first-order valence-corrected chi connectivity index (χ1v) is 6.30. The third kappa shape index (κ3) is 3.48. The SMILES string of the molecule is CCC(C)(C)c1ccc(OS(=O)(=O)F)cc1. The Kier molecular flexibility index (Phi) is 3.57. The van der Waals surface area contributed by atoms with Crippen molar-refractivity contribution in [1.29, 1.82) is 0 Å². The molecule has 0 heterocycles. The van der Waals surface area contributed by atoms with Gasteiger partial charge in [0.1, 0.15) is 5.75 Å². The van der Waals surface area contributed by atoms with Gasteiger partial charge in [-0.3, -0.25) is 0 Å². The number of hydrogen-bond acceptors (Lipinski definition) is 3. The Balaban J connectivity index is 2.92. The minimum Gasteiger partial charge on any atom is -0.358 e. The van der Waals surface area contributed by atoms with Crippen LogP contribution < -0.4 is 4.18 Å². The van der Waals surface area contributed by atoms with Crippen molar-refractivity contribution in [2.75, 3.05) is 0 Å². The fourth-order valence-corrected chi connectivity index (χ4v) is 1.62. The second-order valence-electron chi connectivity index (χ2n) is 4.24. The van der Waals surface area contributed by atoms with Crippen LogP contribution >= 0.6 is 0 Å². The van der Waals surface area contributed by atoms with Crippen LogP contribution in [0.2, 0.25) is 0 Å². The van der Waals surface area contributed by atoms with Crippen LogP contribution in [-0.2, 0) is 15.9 Å². The van der Waals surface area contributed by atoms with Gasteiger partial charge >= 0.3 is 10.5 Å². The quantitative estimate of drug-likeness (QED) is 0.767. The molecule has 1 aromatic rings. The highest BCUT2D eigenvalue weighted by atomic mass is 32.3. The molecule has 0 radical (unpaired) electrons. The van der Waals surface area contributed by atoms with Crippen LogP contribution in [0.1, 0.15) is 32.8 Å². The molecule has 0 unspecified atom stereocenters. The molecule has 1 aromatic carbocycles. The Morgan fingerprint density at radius 3 is 2.12 bits per heavy atom. The van der Waals surface area contributed by atoms with E-state index in [9.17, 15) is 12.3 Å². The van der Waals surface area contributed by atoms with Crippen LogP contribution in [0.15, 0.2) is 24.3 Å². The van der Waals surface area contributed by atoms with Gasteiger partial charge in [-0.15, -0.1) is 0 Å². The Labute approximate surface area is 95.7 Å². The van der Waals surface area contributed by atoms with E-state index in [1.807, 2.05) is 0 Å². The van der Waals surface area contributed by atoms with Crippen molar-refractivity contribution >= 4 is 10.5 Å². The summed E-state index contributed by atoms with van der Waals surface area (Å²) in [7, 11) is -4.93. The van der Waals surface area contributed by atoms with Crippen molar-refractivity contribution < 1.29 is 16.5 Å². The molecule has 0 spiro atoms. The molecule has 3 nitrogen and oxygen atoms in total. The Bertz CT molecular complexity index is 449. The number of hydrogen-bond donors (Lipinski definition) is 0. The predicted molar refractivity (Wildman–Crippen MR) is 60.4 cm³/mol. The van der Waals surface area contributed by atoms with Crippen LogP contribution in [0.25, 0.3) is 0 Å². The summed E-state index contributed by atoms with van der Waals surface area (Å²) >= 11 is 0. The average Bonchev–Trinajstić information content (AvgIpc) is 2.16. The van der Waals surface area contributed by atoms with Crippen LogP contribution in [0, 0.1) is 0 Å². The van der Waals surface area contributed by atoms with Gasteiger partial charge in [0.05, 0.1) is 0 Å². The second kappa shape index (κ2) is 4.41. The maximum absolute atomic E-state index is 12.2. The summed E-state index contributed by atoms with van der Waals surface area (Å²) < 4.78 is 36.8. The molecule has 0 bridgehead atoms. The normalized spacial score (nSPS) is 12.5. The Morgan fingerprint density at radius 1 is 1.25 bits per heavy atom. The lowest BCUT2D eigenvalue weighted by atomic mass is 9.82. The summed E-state index contributed by atoms with van der Waals surface area (Å²) in [5.74, 6) is -0.0156. The van der Waals surface area contributed by atoms with Crippen molar-refractivity contribution in [3.63, 3.8) is 0 Å². The molecule has 1 rings (SSSR count). The number of halogens is 1. The van der Waals surface area contributed by atoms with Crippen molar-refractivity contribution in [3.05, 3.63) is 29.8 Å². The first-order chi connectivity index (χ1) is 7.24. The molecule has 90 valence electrons. The van der Waals surface area contributed by atoms with E-state index in [0.29, 0.717) is 0 Å². The van der Waals surface area contributed by atoms with Crippen molar-refractivity contribution in [2.24, 2.45) is 0 Å². The summed E-state index contributed by atoms with van der Waals surface area (Å²) in [5.41, 5.74) is 1.06. The highest BCUT2D eigenvalue weighted by Crippen LogP contribution is 2.28. The van der Waals surface area contributed by atoms with E-state index in [4.69, 9.17) is 0 Å². The molecule has 0 atom stereocenters. The Morgan fingerprint density at radius 2 is 1.75 bits per heavy atom. The number of rotatable bonds is 4. The fraction of sp³-hybridized carbons (Fsp3) is 0.455. The van der Waals surface area contributed by atoms with Gasteiger partial charge < -0.3 is 4.18 Å². The molecule has 16 heavy (non-hydrogen) atoms. The minimum absolute atomic E-state index is 0.00706. The predicted octanol–water partition coefficient (Wildman–Crippen LogP) is 2.97. The molecule has 0 fully saturated rings. The van der Waals surface area contributed by atoms with E-state index in [1.54, 1.807) is 12.1 Å². The van der Waals surface area contributed by atoms with Gasteiger partial charge in [0.25, 0.3) is 0 Å². The molecule has 0 aliphatic rings. The lowest BCUT2D eigenvalue weighted by Crippen LogP contribution is -2.15. The third-order valence-electron chi connectivity index (χ3n) is 2.72. The molecule has 0 saturated heterocycles. The van der Waals surface area contributed by atoms with Gasteiger partial charge in [-0.1, -0.05) is 36.8 Å². The Hall–Kier alpha value is -1.10. The third-order valence-corrected chi connectivity index (χ3v) is 3.11. The molecular formula is C11H15FO3S. The van der Waals surface area contributed by atoms with Crippen molar-refractivity contribution in [1.82, 2.24) is 0 Å². The molecule has 0 saturated carbocycles. The summed E-state index contributed by atoms with van der Waals surface area (Å²) in [6.07, 6.45) is 0.953. The summed E-state index contributed by atoms with van der Waals surface area (Å²) in [6.45, 7) is 6.22. The summed E-state index contributed by atoms with van der Waals surface area (Å²) in [5, 5.41) is 0. The van der Waals surface area contributed by atoms with E-state index >= 15 is 0 Å². The standard InChI is InChI=1S/C11H15FO3S/c1-4-11(2,3)9-5-7-10(8-6-9)15-16(12,13)14/h5-8H,4H2,1-3H3. The largest absolute Gasteiger partial charge is 0.488 e. The van der Waals surface area contributed by atoms with Crippen LogP contribution in [0.5, 0.6) is 5.75 Å². The average molecular weight is 246 g/mol. The van der Waals surface area contributed by atoms with Gasteiger partial charge in [0, 0.05) is 0 Å². The van der Waals surface area contributed by atoms with Crippen LogP contribution in [0.3, 0.4) is 0 Å². The minimum atomic E-state index is -4.93. The molecule has 0 N–H and O–H groups in total. The first-order valence-electron chi connectivity index (χ1n) is 4.99. The highest BCUT2D eigenvalue weighted by Gasteiger charge is 2.18. The van der Waals surface area contributed by atoms with Crippen LogP contribution in [0.4, 0.5) is 3.89 Å². The fourth-order valence-electron chi connectivity index (χ4n) is 1.28. The maximum Gasteiger partial charge on any atom is 0.488 e. The van der Waals surface area contributed by atoms with E-state index in [-0.39, 0.29) is 11.2 Å². The second-order valence-corrected chi connectivity index (χ2v) is 5.19. The molecule has 0 aromatic heterocycles. The molecule has 5 heteroatoms. The summed E-state index contributed by atoms with van der Waals surface area (Å²) in [4.78, 5) is 0. The van der Waals surface area contributed by atoms with E-state index in [1.165, 1.54) is 12.1 Å². The molecular weight excluding hydrogens is 231 g/mol. The zero-order valence-electron chi connectivity index (χ0n) is 9.53. The van der Waals surface area contributed by atoms with Gasteiger partial charge in [-0.05, 0) is 29.5 Å². The monoisotopic (exact) mass is 246 g/mol. The van der Waals surface area contributed by atoms with Crippen molar-refractivity contribution in [3.8, 4) is 5.75 Å². The van der Waals surface area contributed by atoms with Gasteiger partial charge in [0.2, 0.25) is 0 Å². The van der Waals surface area contributed by atoms with Crippen molar-refractivity contribution in [2.45, 2.75) is 32.6 Å². The smallest absolute Gasteiger partial charge is 0.358 e. The van der Waals surface area contributed by atoms with Gasteiger partial charge in [-0.25, -0.2) is 0 Å². The number of benzene rings is 1. The highest BCUT2D eigenvalue weighted by molar-refractivity contribution is 7.81. The summed E-state index contributed by atoms with van der Waals surface area (Å²) in [6, 6.07) is 6.38. The zero-order valence-corrected chi connectivity index (χ0v) is 10.3. The topological polar surface area (TPSA) is 43.4 Å². The molecule has 0 aliphatic heterocycles. The zero-order chi connectivity index (χ0) is 12.4. The van der Waals surface area contributed by atoms with Gasteiger partial charge in [0.15, 0.2) is 0 Å². The van der Waals surface area contributed by atoms with E-state index < -0.39 is 10.5 Å². The molecule has 0 aliphatic carbocycles. The lowest BCUT2D eigenvalue weighted by molar-refractivity contribution is 0.439. The van der Waals surface area contributed by atoms with Crippen LogP contribution in [-0.4, -0.2) is 8.42 Å². The van der Waals surface area contributed by atoms with Gasteiger partial charge in [-0.2, -0.15) is 8.42 Å². The van der Waals surface area contributed by atoms with E-state index in [0.717, 1.165) is 12.0 Å². The molecule has 0 amide bonds. The lowest BCUT2D eigenvalue weighted by Gasteiger charge is -2.23. The van der Waals surface area contributed by atoms with E-state index in [2.05, 4.69) is 25.0 Å². The first kappa shape index (κ1) is 13.0. The maximum atomic E-state index is 12.2.